The maximum absolute atomic E-state index is 14.3. The first-order valence-electron chi connectivity index (χ1n) is 13.3. The molecule has 202 valence electrons. The van der Waals surface area contributed by atoms with Crippen LogP contribution in [0.3, 0.4) is 0 Å². The van der Waals surface area contributed by atoms with E-state index in [1.807, 2.05) is 48.5 Å². The highest BCUT2D eigenvalue weighted by Gasteiger charge is 2.63. The van der Waals surface area contributed by atoms with Crippen LogP contribution in [0.5, 0.6) is 0 Å². The summed E-state index contributed by atoms with van der Waals surface area (Å²) >= 11 is 12.4. The Morgan fingerprint density at radius 3 is 1.61 bits per heavy atom. The minimum absolute atomic E-state index is 0.0862. The van der Waals surface area contributed by atoms with E-state index in [1.165, 1.54) is 6.07 Å². The Kier molecular flexibility index (Phi) is 6.07. The summed E-state index contributed by atoms with van der Waals surface area (Å²) in [7, 11) is 0. The molecule has 8 heteroatoms. The van der Waals surface area contributed by atoms with Crippen molar-refractivity contribution in [3.05, 3.63) is 140 Å². The largest absolute Gasteiger partial charge is 0.292 e. The molecule has 1 heterocycles. The number of benzene rings is 4. The van der Waals surface area contributed by atoms with E-state index in [2.05, 4.69) is 0 Å². The molecule has 2 atom stereocenters. The van der Waals surface area contributed by atoms with E-state index in [9.17, 15) is 19.2 Å². The Labute approximate surface area is 246 Å². The summed E-state index contributed by atoms with van der Waals surface area (Å²) in [6, 6.07) is 28.4. The van der Waals surface area contributed by atoms with Crippen molar-refractivity contribution in [2.45, 2.75) is 11.8 Å². The Bertz CT molecular complexity index is 1650. The molecule has 2 bridgehead atoms. The fourth-order valence-electron chi connectivity index (χ4n) is 6.77. The Hall–Kier alpha value is -4.26. The van der Waals surface area contributed by atoms with Gasteiger partial charge in [0, 0.05) is 22.4 Å². The number of rotatable bonds is 5. The van der Waals surface area contributed by atoms with Gasteiger partial charge in [0.05, 0.1) is 22.4 Å². The summed E-state index contributed by atoms with van der Waals surface area (Å²) in [4.78, 5) is 56.1. The molecule has 1 saturated heterocycles. The van der Waals surface area contributed by atoms with Crippen LogP contribution in [0.25, 0.3) is 0 Å². The number of nitrogens with zero attached hydrogens (tertiary/aromatic N) is 2. The van der Waals surface area contributed by atoms with Gasteiger partial charge in [-0.2, -0.15) is 5.01 Å². The van der Waals surface area contributed by atoms with Crippen LogP contribution in [-0.4, -0.2) is 40.1 Å². The number of amides is 3. The van der Waals surface area contributed by atoms with Crippen LogP contribution in [0.15, 0.2) is 97.1 Å². The van der Waals surface area contributed by atoms with E-state index in [1.54, 1.807) is 42.5 Å². The van der Waals surface area contributed by atoms with Crippen LogP contribution in [-0.2, 0) is 9.59 Å². The number of hydrazine groups is 1. The third-order valence-corrected chi connectivity index (χ3v) is 9.05. The molecule has 1 fully saturated rings. The number of hydrogen-bond acceptors (Lipinski definition) is 4. The van der Waals surface area contributed by atoms with Gasteiger partial charge >= 0.3 is 0 Å². The molecule has 1 aliphatic heterocycles. The van der Waals surface area contributed by atoms with E-state index in [0.29, 0.717) is 10.6 Å². The molecule has 0 spiro atoms. The number of carbonyl (C=O) groups is 4. The number of hydrogen-bond donors (Lipinski definition) is 0. The molecule has 0 saturated carbocycles. The van der Waals surface area contributed by atoms with Gasteiger partial charge in [0.25, 0.3) is 17.7 Å². The molecule has 6 nitrogen and oxygen atoms in total. The summed E-state index contributed by atoms with van der Waals surface area (Å²) in [6.45, 7) is -0.530. The van der Waals surface area contributed by atoms with Crippen LogP contribution in [0.1, 0.15) is 54.8 Å². The molecule has 0 unspecified atom stereocenters. The van der Waals surface area contributed by atoms with Crippen LogP contribution in [0, 0.1) is 11.8 Å². The maximum Gasteiger partial charge on any atom is 0.274 e. The Balaban J connectivity index is 1.34. The molecule has 3 amide bonds. The fraction of sp³-hybridized carbons (Fsp3) is 0.152. The topological polar surface area (TPSA) is 74.8 Å². The van der Waals surface area contributed by atoms with E-state index in [-0.39, 0.29) is 22.4 Å². The standard InChI is InChI=1S/C33H22Cl2N2O4/c34-19-15-13-18(14-16-19)26(38)17-36(31(39)24-11-5-6-12-25(24)35)37-32(40)29-27-20-7-1-2-8-21(20)28(30(29)33(37)41)23-10-4-3-9-22(23)27/h1-16,27-30H,17H2/t27?,28?,29-,30+. The number of imide groups is 1. The first-order chi connectivity index (χ1) is 19.9. The molecule has 41 heavy (non-hydrogen) atoms. The average molecular weight is 581 g/mol. The molecule has 4 aromatic rings. The van der Waals surface area contributed by atoms with Crippen LogP contribution in [0.2, 0.25) is 10.0 Å². The fourth-order valence-corrected chi connectivity index (χ4v) is 7.11. The maximum atomic E-state index is 14.3. The first-order valence-corrected chi connectivity index (χ1v) is 14.0. The van der Waals surface area contributed by atoms with Crippen molar-refractivity contribution < 1.29 is 19.2 Å². The first kappa shape index (κ1) is 25.7. The van der Waals surface area contributed by atoms with E-state index in [0.717, 1.165) is 32.3 Å². The van der Waals surface area contributed by atoms with Crippen LogP contribution >= 0.6 is 23.2 Å². The number of carbonyl (C=O) groups excluding carboxylic acids is 4. The van der Waals surface area contributed by atoms with E-state index in [4.69, 9.17) is 23.2 Å². The number of ketones is 1. The lowest BCUT2D eigenvalue weighted by atomic mass is 9.55. The van der Waals surface area contributed by atoms with Gasteiger partial charge in [-0.1, -0.05) is 83.9 Å². The van der Waals surface area contributed by atoms with Gasteiger partial charge in [0.2, 0.25) is 0 Å². The van der Waals surface area contributed by atoms with Crippen LogP contribution in [0.4, 0.5) is 0 Å². The van der Waals surface area contributed by atoms with Crippen molar-refractivity contribution in [3.8, 4) is 0 Å². The molecular weight excluding hydrogens is 559 g/mol. The van der Waals surface area contributed by atoms with Crippen molar-refractivity contribution in [2.75, 3.05) is 6.54 Å². The van der Waals surface area contributed by atoms with E-state index < -0.39 is 41.9 Å². The zero-order chi connectivity index (χ0) is 28.4. The van der Waals surface area contributed by atoms with Crippen LogP contribution < -0.4 is 0 Å². The van der Waals surface area contributed by atoms with Gasteiger partial charge in [0.1, 0.15) is 6.54 Å². The number of halogens is 2. The van der Waals surface area contributed by atoms with Gasteiger partial charge < -0.3 is 0 Å². The molecule has 0 aromatic heterocycles. The predicted octanol–water partition coefficient (Wildman–Crippen LogP) is 6.13. The van der Waals surface area contributed by atoms with E-state index >= 15 is 0 Å². The smallest absolute Gasteiger partial charge is 0.274 e. The van der Waals surface area contributed by atoms with Crippen molar-refractivity contribution in [3.63, 3.8) is 0 Å². The highest BCUT2D eigenvalue weighted by atomic mass is 35.5. The summed E-state index contributed by atoms with van der Waals surface area (Å²) in [5.41, 5.74) is 4.44. The van der Waals surface area contributed by atoms with Gasteiger partial charge in [-0.25, -0.2) is 5.01 Å². The highest BCUT2D eigenvalue weighted by Crippen LogP contribution is 2.61. The Morgan fingerprint density at radius 2 is 1.12 bits per heavy atom. The van der Waals surface area contributed by atoms with Gasteiger partial charge in [-0.15, -0.1) is 0 Å². The molecular formula is C33H22Cl2N2O4. The lowest BCUT2D eigenvalue weighted by Gasteiger charge is -2.45. The van der Waals surface area contributed by atoms with Crippen molar-refractivity contribution in [2.24, 2.45) is 11.8 Å². The Morgan fingerprint density at radius 1 is 0.659 bits per heavy atom. The monoisotopic (exact) mass is 580 g/mol. The van der Waals surface area contributed by atoms with Gasteiger partial charge in [-0.3, -0.25) is 19.2 Å². The molecule has 4 aromatic carbocycles. The van der Waals surface area contributed by atoms with Gasteiger partial charge in [-0.05, 0) is 58.7 Å². The van der Waals surface area contributed by atoms with Crippen molar-refractivity contribution >= 4 is 46.7 Å². The summed E-state index contributed by atoms with van der Waals surface area (Å²) in [5.74, 6) is -4.25. The normalized spacial score (nSPS) is 21.8. The lowest BCUT2D eigenvalue weighted by molar-refractivity contribution is -0.154. The third kappa shape index (κ3) is 3.85. The predicted molar refractivity (Wildman–Crippen MR) is 154 cm³/mol. The summed E-state index contributed by atoms with van der Waals surface area (Å²) < 4.78 is 0. The van der Waals surface area contributed by atoms with Crippen molar-refractivity contribution in [1.82, 2.24) is 10.0 Å². The SMILES string of the molecule is O=C(CN(C(=O)c1ccccc1Cl)N1C(=O)[C@@H]2C3c4ccccc4C(c4ccccc43)[C@@H]2C1=O)c1ccc(Cl)cc1. The minimum atomic E-state index is -0.708. The second-order valence-electron chi connectivity index (χ2n) is 10.5. The minimum Gasteiger partial charge on any atom is -0.292 e. The lowest BCUT2D eigenvalue weighted by Crippen LogP contribution is -2.52. The molecule has 0 radical (unpaired) electrons. The molecule has 4 aliphatic rings. The summed E-state index contributed by atoms with van der Waals surface area (Å²) in [5, 5.41) is 2.48. The second-order valence-corrected chi connectivity index (χ2v) is 11.4. The average Bonchev–Trinajstić information content (AvgIpc) is 3.26. The zero-order valence-electron chi connectivity index (χ0n) is 21.5. The quantitative estimate of drug-likeness (QED) is 0.210. The highest BCUT2D eigenvalue weighted by molar-refractivity contribution is 6.34. The second kappa shape index (κ2) is 9.68. The molecule has 3 aliphatic carbocycles. The number of Topliss-reactive ketones (excluding diaryl/α,β-unsaturated/α-hetero) is 1. The zero-order valence-corrected chi connectivity index (χ0v) is 23.0. The van der Waals surface area contributed by atoms with Gasteiger partial charge in [0.15, 0.2) is 5.78 Å². The molecule has 0 N–H and O–H groups in total. The van der Waals surface area contributed by atoms with Crippen molar-refractivity contribution in [1.29, 1.82) is 0 Å². The summed E-state index contributed by atoms with van der Waals surface area (Å²) in [6.07, 6.45) is 0. The third-order valence-electron chi connectivity index (χ3n) is 8.46. The molecule has 8 rings (SSSR count).